The van der Waals surface area contributed by atoms with E-state index in [4.69, 9.17) is 14.6 Å². The predicted octanol–water partition coefficient (Wildman–Crippen LogP) is 5.38. The van der Waals surface area contributed by atoms with Gasteiger partial charge in [-0.3, -0.25) is 0 Å². The lowest BCUT2D eigenvalue weighted by atomic mass is 10.1. The molecule has 2 N–H and O–H groups in total. The van der Waals surface area contributed by atoms with Crippen LogP contribution in [-0.2, 0) is 0 Å². The Balaban J connectivity index is 1.97. The highest BCUT2D eigenvalue weighted by atomic mass is 16.3. The third-order valence-electron chi connectivity index (χ3n) is 4.24. The lowest BCUT2D eigenvalue weighted by Gasteiger charge is -1.92. The SMILES string of the molecule is Cc1ccc2c(c1)oc1cc3c(cc12)oc1cc(N)ccc13. The number of nitrogens with two attached hydrogens (primary N) is 1. The molecule has 0 aliphatic rings. The molecule has 3 heteroatoms. The van der Waals surface area contributed by atoms with Crippen LogP contribution in [0.25, 0.3) is 43.9 Å². The van der Waals surface area contributed by atoms with Crippen LogP contribution in [-0.4, -0.2) is 0 Å². The third kappa shape index (κ3) is 1.45. The minimum Gasteiger partial charge on any atom is -0.456 e. The highest BCUT2D eigenvalue weighted by Crippen LogP contribution is 2.37. The maximum Gasteiger partial charge on any atom is 0.137 e. The molecule has 0 spiro atoms. The summed E-state index contributed by atoms with van der Waals surface area (Å²) in [6.45, 7) is 2.07. The van der Waals surface area contributed by atoms with Gasteiger partial charge in [0.25, 0.3) is 0 Å². The first-order chi connectivity index (χ1) is 10.7. The summed E-state index contributed by atoms with van der Waals surface area (Å²) in [6, 6.07) is 16.1. The topological polar surface area (TPSA) is 52.3 Å². The summed E-state index contributed by atoms with van der Waals surface area (Å²) < 4.78 is 12.0. The summed E-state index contributed by atoms with van der Waals surface area (Å²) in [5, 5.41) is 4.30. The monoisotopic (exact) mass is 287 g/mol. The normalized spacial score (nSPS) is 12.0. The first kappa shape index (κ1) is 11.7. The van der Waals surface area contributed by atoms with Crippen molar-refractivity contribution in [1.29, 1.82) is 0 Å². The summed E-state index contributed by atoms with van der Waals surface area (Å²) in [5.74, 6) is 0. The van der Waals surface area contributed by atoms with Crippen molar-refractivity contribution in [2.75, 3.05) is 5.73 Å². The maximum atomic E-state index is 6.02. The van der Waals surface area contributed by atoms with Crippen LogP contribution >= 0.6 is 0 Å². The molecule has 0 bridgehead atoms. The van der Waals surface area contributed by atoms with E-state index in [2.05, 4.69) is 37.3 Å². The molecule has 3 nitrogen and oxygen atoms in total. The van der Waals surface area contributed by atoms with Crippen LogP contribution in [0.5, 0.6) is 0 Å². The Morgan fingerprint density at radius 1 is 0.636 bits per heavy atom. The highest BCUT2D eigenvalue weighted by molar-refractivity contribution is 6.14. The van der Waals surface area contributed by atoms with Gasteiger partial charge in [-0.1, -0.05) is 12.1 Å². The first-order valence-corrected chi connectivity index (χ1v) is 7.24. The van der Waals surface area contributed by atoms with Gasteiger partial charge in [0.2, 0.25) is 0 Å². The number of furan rings is 2. The van der Waals surface area contributed by atoms with Crippen molar-refractivity contribution in [1.82, 2.24) is 0 Å². The van der Waals surface area contributed by atoms with Gasteiger partial charge in [-0.2, -0.15) is 0 Å². The van der Waals surface area contributed by atoms with E-state index in [9.17, 15) is 0 Å². The minimum atomic E-state index is 0.705. The molecule has 5 rings (SSSR count). The second kappa shape index (κ2) is 3.83. The summed E-state index contributed by atoms with van der Waals surface area (Å²) in [5.41, 5.74) is 11.2. The van der Waals surface area contributed by atoms with Crippen molar-refractivity contribution in [3.8, 4) is 0 Å². The predicted molar refractivity (Wildman–Crippen MR) is 90.1 cm³/mol. The molecule has 3 aromatic carbocycles. The molecule has 0 fully saturated rings. The van der Waals surface area contributed by atoms with Gasteiger partial charge in [-0.15, -0.1) is 0 Å². The Morgan fingerprint density at radius 3 is 1.86 bits per heavy atom. The smallest absolute Gasteiger partial charge is 0.137 e. The van der Waals surface area contributed by atoms with Crippen LogP contribution in [0.15, 0.2) is 57.4 Å². The number of benzene rings is 3. The summed E-state index contributed by atoms with van der Waals surface area (Å²) >= 11 is 0. The Morgan fingerprint density at radius 2 is 1.18 bits per heavy atom. The number of hydrogen-bond donors (Lipinski definition) is 1. The molecule has 106 valence electrons. The van der Waals surface area contributed by atoms with Crippen molar-refractivity contribution in [2.45, 2.75) is 6.92 Å². The second-order valence-electron chi connectivity index (χ2n) is 5.80. The minimum absolute atomic E-state index is 0.705. The largest absolute Gasteiger partial charge is 0.456 e. The van der Waals surface area contributed by atoms with Crippen LogP contribution in [0, 0.1) is 6.92 Å². The lowest BCUT2D eigenvalue weighted by Crippen LogP contribution is -1.81. The molecule has 5 aromatic rings. The quantitative estimate of drug-likeness (QED) is 0.389. The van der Waals surface area contributed by atoms with Crippen molar-refractivity contribution in [2.24, 2.45) is 0 Å². The van der Waals surface area contributed by atoms with Gasteiger partial charge in [0.15, 0.2) is 0 Å². The number of hydrogen-bond acceptors (Lipinski definition) is 3. The van der Waals surface area contributed by atoms with Crippen LogP contribution in [0.3, 0.4) is 0 Å². The fourth-order valence-electron chi connectivity index (χ4n) is 3.17. The van der Waals surface area contributed by atoms with E-state index in [0.717, 1.165) is 43.9 Å². The number of fused-ring (bicyclic) bond motifs is 6. The second-order valence-corrected chi connectivity index (χ2v) is 5.80. The van der Waals surface area contributed by atoms with Crippen LogP contribution in [0.2, 0.25) is 0 Å². The number of rotatable bonds is 0. The van der Waals surface area contributed by atoms with Crippen molar-refractivity contribution in [3.63, 3.8) is 0 Å². The summed E-state index contributed by atoms with van der Waals surface area (Å²) in [4.78, 5) is 0. The number of anilines is 1. The average Bonchev–Trinajstić information content (AvgIpc) is 3.00. The number of aryl methyl sites for hydroxylation is 1. The van der Waals surface area contributed by atoms with Crippen LogP contribution in [0.4, 0.5) is 5.69 Å². The molecule has 0 unspecified atom stereocenters. The molecule has 0 radical (unpaired) electrons. The fraction of sp³-hybridized carbons (Fsp3) is 0.0526. The van der Waals surface area contributed by atoms with Gasteiger partial charge in [0, 0.05) is 33.3 Å². The Kier molecular flexibility index (Phi) is 2.03. The molecule has 0 saturated carbocycles. The van der Waals surface area contributed by atoms with Crippen molar-refractivity contribution >= 4 is 49.6 Å². The van der Waals surface area contributed by atoms with E-state index in [1.54, 1.807) is 0 Å². The van der Waals surface area contributed by atoms with Gasteiger partial charge in [0.1, 0.15) is 22.3 Å². The summed E-state index contributed by atoms with van der Waals surface area (Å²) in [7, 11) is 0. The van der Waals surface area contributed by atoms with Crippen molar-refractivity contribution < 1.29 is 8.83 Å². The highest BCUT2D eigenvalue weighted by Gasteiger charge is 2.13. The Labute approximate surface area is 125 Å². The summed E-state index contributed by atoms with van der Waals surface area (Å²) in [6.07, 6.45) is 0. The molecule has 0 amide bonds. The third-order valence-corrected chi connectivity index (χ3v) is 4.24. The molecule has 0 aliphatic carbocycles. The number of nitrogen functional groups attached to an aromatic ring is 1. The maximum absolute atomic E-state index is 6.02. The Bertz CT molecular complexity index is 1100. The van der Waals surface area contributed by atoms with Gasteiger partial charge < -0.3 is 14.6 Å². The van der Waals surface area contributed by atoms with Gasteiger partial charge in [-0.25, -0.2) is 0 Å². The molecule has 2 aromatic heterocycles. The zero-order valence-electron chi connectivity index (χ0n) is 12.0. The van der Waals surface area contributed by atoms with Crippen LogP contribution in [0.1, 0.15) is 5.56 Å². The standard InChI is InChI=1S/C19H13NO2/c1-10-2-4-12-14-8-19-15(9-18(14)21-16(12)6-10)13-5-3-11(20)7-17(13)22-19/h2-9H,20H2,1H3. The van der Waals surface area contributed by atoms with Gasteiger partial charge >= 0.3 is 0 Å². The lowest BCUT2D eigenvalue weighted by molar-refractivity contribution is 0.664. The van der Waals surface area contributed by atoms with Gasteiger partial charge in [-0.05, 0) is 42.8 Å². The molecule has 0 aliphatic heterocycles. The molecular weight excluding hydrogens is 274 g/mol. The van der Waals surface area contributed by atoms with Gasteiger partial charge in [0.05, 0.1) is 0 Å². The van der Waals surface area contributed by atoms with E-state index in [1.165, 1.54) is 5.56 Å². The van der Waals surface area contributed by atoms with Crippen LogP contribution < -0.4 is 5.73 Å². The molecule has 2 heterocycles. The van der Waals surface area contributed by atoms with E-state index < -0.39 is 0 Å². The Hall–Kier alpha value is -2.94. The zero-order valence-corrected chi connectivity index (χ0v) is 12.0. The molecular formula is C19H13NO2. The average molecular weight is 287 g/mol. The van der Waals surface area contributed by atoms with Crippen molar-refractivity contribution in [3.05, 3.63) is 54.1 Å². The first-order valence-electron chi connectivity index (χ1n) is 7.24. The van der Waals surface area contributed by atoms with E-state index in [0.29, 0.717) is 5.69 Å². The zero-order chi connectivity index (χ0) is 14.8. The molecule has 0 saturated heterocycles. The fourth-order valence-corrected chi connectivity index (χ4v) is 3.17. The molecule has 22 heavy (non-hydrogen) atoms. The van der Waals surface area contributed by atoms with E-state index in [1.807, 2.05) is 18.2 Å². The van der Waals surface area contributed by atoms with E-state index in [-0.39, 0.29) is 0 Å². The molecule has 0 atom stereocenters. The van der Waals surface area contributed by atoms with E-state index >= 15 is 0 Å².